The summed E-state index contributed by atoms with van der Waals surface area (Å²) in [7, 11) is 3.35. The first kappa shape index (κ1) is 22.4. The van der Waals surface area contributed by atoms with E-state index in [-0.39, 0.29) is 5.91 Å². The van der Waals surface area contributed by atoms with Gasteiger partial charge in [-0.05, 0) is 24.1 Å². The van der Waals surface area contributed by atoms with E-state index in [9.17, 15) is 4.79 Å². The van der Waals surface area contributed by atoms with E-state index in [1.807, 2.05) is 24.3 Å². The average Bonchev–Trinajstić information content (AvgIpc) is 3.42. The molecular formula is C24H21N7O3. The summed E-state index contributed by atoms with van der Waals surface area (Å²) in [4.78, 5) is 29.6. The van der Waals surface area contributed by atoms with Gasteiger partial charge in [0.25, 0.3) is 5.91 Å². The molecule has 0 saturated carbocycles. The van der Waals surface area contributed by atoms with E-state index < -0.39 is 0 Å². The normalized spacial score (nSPS) is 12.2. The topological polar surface area (TPSA) is 119 Å². The van der Waals surface area contributed by atoms with Gasteiger partial charge in [0, 0.05) is 38.3 Å². The zero-order chi connectivity index (χ0) is 23.8. The summed E-state index contributed by atoms with van der Waals surface area (Å²) in [6, 6.07) is 11.0. The lowest BCUT2D eigenvalue weighted by Crippen LogP contribution is -2.28. The lowest BCUT2D eigenvalue weighted by molar-refractivity contribution is -0.124. The highest BCUT2D eigenvalue weighted by Gasteiger charge is 2.09. The second kappa shape index (κ2) is 10.7. The largest absolute Gasteiger partial charge is 0.495 e. The molecule has 0 saturated heterocycles. The number of hydrogen-bond acceptors (Lipinski definition) is 9. The molecule has 34 heavy (non-hydrogen) atoms. The molecule has 4 aromatic heterocycles. The van der Waals surface area contributed by atoms with Crippen LogP contribution in [0.3, 0.4) is 0 Å². The van der Waals surface area contributed by atoms with Crippen molar-refractivity contribution in [2.24, 2.45) is 0 Å². The summed E-state index contributed by atoms with van der Waals surface area (Å²) < 4.78 is 10.0. The number of nitrogens with zero attached hydrogens (tertiary/aromatic N) is 6. The molecule has 0 aliphatic carbocycles. The summed E-state index contributed by atoms with van der Waals surface area (Å²) >= 11 is 0. The molecule has 1 amide bonds. The van der Waals surface area contributed by atoms with Gasteiger partial charge in [-0.3, -0.25) is 9.78 Å². The van der Waals surface area contributed by atoms with Crippen LogP contribution in [0.5, 0.6) is 5.75 Å². The minimum atomic E-state index is -0.0590. The highest BCUT2D eigenvalue weighted by molar-refractivity contribution is 5.94. The van der Waals surface area contributed by atoms with E-state index in [1.54, 1.807) is 49.8 Å². The smallest absolute Gasteiger partial charge is 0.298 e. The number of aromatic nitrogens is 5. The number of methoxy groups -OCH3 is 1. The average molecular weight is 455 g/mol. The van der Waals surface area contributed by atoms with Crippen LogP contribution in [0.15, 0.2) is 65.8 Å². The van der Waals surface area contributed by atoms with Gasteiger partial charge in [-0.15, -0.1) is 0 Å². The molecule has 170 valence electrons. The van der Waals surface area contributed by atoms with Crippen LogP contribution in [-0.4, -0.2) is 56.6 Å². The summed E-state index contributed by atoms with van der Waals surface area (Å²) in [5, 5.41) is 7.02. The Bertz CT molecular complexity index is 1330. The fourth-order valence-electron chi connectivity index (χ4n) is 2.91. The van der Waals surface area contributed by atoms with E-state index in [0.29, 0.717) is 34.5 Å². The molecule has 5 rings (SSSR count). The maximum atomic E-state index is 10.5. The molecule has 0 bridgehead atoms. The molecule has 4 aromatic rings. The Balaban J connectivity index is 0.000000291. The van der Waals surface area contributed by atoms with Gasteiger partial charge >= 0.3 is 0 Å². The fourth-order valence-corrected chi connectivity index (χ4v) is 2.91. The summed E-state index contributed by atoms with van der Waals surface area (Å²) in [6.07, 6.45) is 7.30. The van der Waals surface area contributed by atoms with Gasteiger partial charge in [0.2, 0.25) is 5.95 Å². The summed E-state index contributed by atoms with van der Waals surface area (Å²) in [5.74, 6) is 6.22. The van der Waals surface area contributed by atoms with Crippen LogP contribution in [0.25, 0.3) is 22.8 Å². The second-order valence-electron chi connectivity index (χ2n) is 7.08. The van der Waals surface area contributed by atoms with Crippen molar-refractivity contribution >= 4 is 17.5 Å². The van der Waals surface area contributed by atoms with Crippen LogP contribution in [-0.2, 0) is 4.79 Å². The molecular weight excluding hydrogens is 434 g/mol. The van der Waals surface area contributed by atoms with Crippen molar-refractivity contribution in [3.8, 4) is 40.4 Å². The van der Waals surface area contributed by atoms with Crippen LogP contribution in [0.2, 0.25) is 0 Å². The Morgan fingerprint density at radius 3 is 2.62 bits per heavy atom. The molecule has 0 aromatic carbocycles. The number of carbonyl (C=O) groups is 1. The lowest BCUT2D eigenvalue weighted by Gasteiger charge is -2.13. The van der Waals surface area contributed by atoms with Crippen LogP contribution in [0.1, 0.15) is 6.42 Å². The summed E-state index contributed by atoms with van der Waals surface area (Å²) in [6.45, 7) is 0.784. The molecule has 10 nitrogen and oxygen atoms in total. The monoisotopic (exact) mass is 455 g/mol. The first-order valence-corrected chi connectivity index (χ1v) is 10.3. The Hall–Kier alpha value is -4.78. The third-order valence-corrected chi connectivity index (χ3v) is 4.69. The number of hydrogen-bond donors (Lipinski definition) is 1. The van der Waals surface area contributed by atoms with Gasteiger partial charge in [-0.2, -0.15) is 0 Å². The van der Waals surface area contributed by atoms with E-state index in [1.165, 1.54) is 6.26 Å². The zero-order valence-corrected chi connectivity index (χ0v) is 18.6. The molecule has 1 aliphatic heterocycles. The second-order valence-corrected chi connectivity index (χ2v) is 7.08. The zero-order valence-electron chi connectivity index (χ0n) is 18.6. The maximum absolute atomic E-state index is 10.5. The Morgan fingerprint density at radius 2 is 1.91 bits per heavy atom. The third-order valence-electron chi connectivity index (χ3n) is 4.69. The Labute approximate surface area is 196 Å². The maximum Gasteiger partial charge on any atom is 0.298 e. The lowest BCUT2D eigenvalue weighted by atomic mass is 10.2. The number of ether oxygens (including phenoxy) is 1. The molecule has 1 N–H and O–H groups in total. The fraction of sp³-hybridized carbons (Fsp3) is 0.167. The van der Waals surface area contributed by atoms with Gasteiger partial charge in [-0.25, -0.2) is 15.0 Å². The first-order chi connectivity index (χ1) is 16.6. The predicted octanol–water partition coefficient (Wildman–Crippen LogP) is 3.19. The summed E-state index contributed by atoms with van der Waals surface area (Å²) in [5.41, 5.74) is 3.50. The van der Waals surface area contributed by atoms with Crippen molar-refractivity contribution in [3.05, 3.63) is 61.3 Å². The molecule has 1 aliphatic rings. The number of amides is 1. The van der Waals surface area contributed by atoms with E-state index >= 15 is 0 Å². The van der Waals surface area contributed by atoms with Crippen molar-refractivity contribution in [2.75, 3.05) is 26.0 Å². The quantitative estimate of drug-likeness (QED) is 0.452. The molecule has 0 spiro atoms. The number of pyridine rings is 2. The first-order valence-electron chi connectivity index (χ1n) is 10.3. The third kappa shape index (κ3) is 5.72. The van der Waals surface area contributed by atoms with E-state index in [4.69, 9.17) is 9.26 Å². The minimum absolute atomic E-state index is 0.0590. The van der Waals surface area contributed by atoms with Crippen molar-refractivity contribution < 1.29 is 14.1 Å². The molecule has 0 atom stereocenters. The van der Waals surface area contributed by atoms with Crippen molar-refractivity contribution in [3.63, 3.8) is 0 Å². The minimum Gasteiger partial charge on any atom is -0.495 e. The number of rotatable bonds is 5. The Morgan fingerprint density at radius 1 is 1.09 bits per heavy atom. The molecule has 0 fully saturated rings. The van der Waals surface area contributed by atoms with Gasteiger partial charge in [0.1, 0.15) is 17.7 Å². The van der Waals surface area contributed by atoms with Crippen LogP contribution in [0, 0.1) is 11.8 Å². The van der Waals surface area contributed by atoms with Gasteiger partial charge in [-0.1, -0.05) is 17.1 Å². The van der Waals surface area contributed by atoms with Crippen LogP contribution < -0.4 is 10.1 Å². The van der Waals surface area contributed by atoms with Crippen LogP contribution >= 0.6 is 0 Å². The molecule has 0 unspecified atom stereocenters. The standard InChI is InChI=1S/C18H14N6O2.C6H7NO/c1-25-13-9-12(10-19-11-13)21-18-20-7-5-16(23-18)14-3-2-4-15(22-14)17-6-8-26-24-17;1-7-5-3-2-4-6(7)8/h2-11H,1H3,(H,20,21,23);3,5H2,1H3. The van der Waals surface area contributed by atoms with Crippen molar-refractivity contribution in [1.29, 1.82) is 0 Å². The highest BCUT2D eigenvalue weighted by Crippen LogP contribution is 2.22. The van der Waals surface area contributed by atoms with Gasteiger partial charge in [0.15, 0.2) is 0 Å². The van der Waals surface area contributed by atoms with E-state index in [2.05, 4.69) is 42.3 Å². The van der Waals surface area contributed by atoms with Crippen molar-refractivity contribution in [2.45, 2.75) is 6.42 Å². The SMILES string of the molecule is CN1CCC#CC1=O.COc1cncc(Nc2nccc(-c3cccc(-c4ccon4)n3)n2)c1. The predicted molar refractivity (Wildman–Crippen MR) is 125 cm³/mol. The number of nitrogens with one attached hydrogen (secondary N) is 1. The van der Waals surface area contributed by atoms with Gasteiger partial charge < -0.3 is 19.5 Å². The number of anilines is 2. The van der Waals surface area contributed by atoms with Crippen molar-refractivity contribution in [1.82, 2.24) is 30.0 Å². The van der Waals surface area contributed by atoms with Gasteiger partial charge in [0.05, 0.1) is 42.3 Å². The molecule has 5 heterocycles. The number of carbonyl (C=O) groups excluding carboxylic acids is 1. The highest BCUT2D eigenvalue weighted by atomic mass is 16.5. The molecule has 0 radical (unpaired) electrons. The van der Waals surface area contributed by atoms with E-state index in [0.717, 1.165) is 18.7 Å². The Kier molecular flexibility index (Phi) is 7.05. The van der Waals surface area contributed by atoms with Crippen LogP contribution in [0.4, 0.5) is 11.6 Å². The molecule has 10 heteroatoms.